The fraction of sp³-hybridized carbons (Fsp3) is 0.143. The van der Waals surface area contributed by atoms with Gasteiger partial charge in [-0.15, -0.1) is 0 Å². The first kappa shape index (κ1) is 13.2. The van der Waals surface area contributed by atoms with E-state index in [2.05, 4.69) is 0 Å². The lowest BCUT2D eigenvalue weighted by Crippen LogP contribution is -2.29. The van der Waals surface area contributed by atoms with Crippen molar-refractivity contribution in [3.8, 4) is 0 Å². The molecule has 68 valence electrons. The van der Waals surface area contributed by atoms with Crippen LogP contribution >= 0.6 is 0 Å². The number of rotatable bonds is 1. The molecule has 1 rings (SSSR count). The molecule has 0 bridgehead atoms. The van der Waals surface area contributed by atoms with Crippen molar-refractivity contribution in [3.63, 3.8) is 0 Å². The van der Waals surface area contributed by atoms with E-state index in [9.17, 15) is 9.90 Å². The zero-order chi connectivity index (χ0) is 7.56. The highest BCUT2D eigenvalue weighted by Crippen LogP contribution is 1.90. The topological polar surface area (TPSA) is 107 Å². The van der Waals surface area contributed by atoms with Gasteiger partial charge < -0.3 is 20.9 Å². The first-order valence-corrected chi connectivity index (χ1v) is 2.87. The van der Waals surface area contributed by atoms with Gasteiger partial charge in [-0.25, -0.2) is 4.57 Å². The van der Waals surface area contributed by atoms with Gasteiger partial charge in [0, 0.05) is 17.7 Å². The van der Waals surface area contributed by atoms with Gasteiger partial charge >= 0.3 is 0 Å². The molecular formula is C7H11NO4. The average Bonchev–Trinajstić information content (AvgIpc) is 1.88. The minimum Gasteiger partial charge on any atom is -0.545 e. The Bertz CT molecular complexity index is 244. The summed E-state index contributed by atoms with van der Waals surface area (Å²) in [7, 11) is 1.82. The Morgan fingerprint density at radius 1 is 1.33 bits per heavy atom. The van der Waals surface area contributed by atoms with E-state index in [0.717, 1.165) is 0 Å². The maximum Gasteiger partial charge on any atom is 0.169 e. The van der Waals surface area contributed by atoms with Crippen LogP contribution in [0.3, 0.4) is 0 Å². The van der Waals surface area contributed by atoms with Crippen LogP contribution in [-0.4, -0.2) is 16.9 Å². The minimum atomic E-state index is -1.14. The molecule has 0 fully saturated rings. The van der Waals surface area contributed by atoms with Crippen LogP contribution in [0.5, 0.6) is 0 Å². The van der Waals surface area contributed by atoms with Gasteiger partial charge in [0.15, 0.2) is 12.4 Å². The van der Waals surface area contributed by atoms with Crippen LogP contribution in [0.15, 0.2) is 24.5 Å². The van der Waals surface area contributed by atoms with Crippen LogP contribution in [0.2, 0.25) is 0 Å². The summed E-state index contributed by atoms with van der Waals surface area (Å²) in [5, 5.41) is 10.2. The second-order valence-corrected chi connectivity index (χ2v) is 2.04. The number of aromatic nitrogens is 1. The van der Waals surface area contributed by atoms with Gasteiger partial charge in [0.05, 0.1) is 5.97 Å². The fourth-order valence-electron chi connectivity index (χ4n) is 0.637. The summed E-state index contributed by atoms with van der Waals surface area (Å²) in [5.41, 5.74) is 0.207. The fourth-order valence-corrected chi connectivity index (χ4v) is 0.637. The molecule has 0 aliphatic rings. The molecular weight excluding hydrogens is 162 g/mol. The van der Waals surface area contributed by atoms with Crippen molar-refractivity contribution < 1.29 is 25.4 Å². The zero-order valence-corrected chi connectivity index (χ0v) is 6.57. The number of pyridine rings is 1. The third kappa shape index (κ3) is 3.09. The predicted octanol–water partition coefficient (Wildman–Crippen LogP) is -2.77. The van der Waals surface area contributed by atoms with Crippen LogP contribution in [0.25, 0.3) is 0 Å². The Morgan fingerprint density at radius 3 is 2.08 bits per heavy atom. The number of hydrogen-bond donors (Lipinski definition) is 0. The number of carbonyl (C=O) groups is 1. The van der Waals surface area contributed by atoms with E-state index in [1.165, 1.54) is 12.1 Å². The normalized spacial score (nSPS) is 7.75. The number of carbonyl (C=O) groups excluding carboxylic acids is 1. The molecule has 0 saturated carbocycles. The van der Waals surface area contributed by atoms with Gasteiger partial charge in [-0.05, 0) is 0 Å². The number of hydrogen-bond acceptors (Lipinski definition) is 2. The molecule has 0 amide bonds. The van der Waals surface area contributed by atoms with Gasteiger partial charge in [0.25, 0.3) is 0 Å². The number of carboxylic acids is 1. The van der Waals surface area contributed by atoms with Crippen molar-refractivity contribution >= 4 is 5.97 Å². The summed E-state index contributed by atoms with van der Waals surface area (Å²) in [5.74, 6) is -1.14. The first-order valence-electron chi connectivity index (χ1n) is 2.87. The highest BCUT2D eigenvalue weighted by atomic mass is 16.4. The lowest BCUT2D eigenvalue weighted by Gasteiger charge is -1.97. The Labute approximate surface area is 69.5 Å². The third-order valence-electron chi connectivity index (χ3n) is 1.21. The number of carboxylic acid groups (broad SMARTS) is 1. The second kappa shape index (κ2) is 5.22. The molecule has 5 nitrogen and oxygen atoms in total. The van der Waals surface area contributed by atoms with Crippen molar-refractivity contribution in [2.24, 2.45) is 7.05 Å². The summed E-state index contributed by atoms with van der Waals surface area (Å²) in [6.07, 6.45) is 3.32. The molecule has 0 aliphatic carbocycles. The summed E-state index contributed by atoms with van der Waals surface area (Å²) in [6.45, 7) is 0. The molecule has 0 radical (unpaired) electrons. The van der Waals surface area contributed by atoms with Crippen LogP contribution in [0.4, 0.5) is 0 Å². The number of aromatic carboxylic acids is 1. The molecule has 1 aromatic rings. The van der Waals surface area contributed by atoms with Gasteiger partial charge in [-0.1, -0.05) is 0 Å². The molecule has 0 saturated heterocycles. The number of aryl methyl sites for hydroxylation is 1. The molecule has 5 heteroatoms. The molecule has 4 N–H and O–H groups in total. The Morgan fingerprint density at radius 2 is 1.75 bits per heavy atom. The summed E-state index contributed by atoms with van der Waals surface area (Å²) >= 11 is 0. The minimum absolute atomic E-state index is 0. The largest absolute Gasteiger partial charge is 0.545 e. The van der Waals surface area contributed by atoms with Crippen LogP contribution in [0.1, 0.15) is 10.4 Å². The van der Waals surface area contributed by atoms with Crippen molar-refractivity contribution in [1.82, 2.24) is 0 Å². The molecule has 0 spiro atoms. The molecule has 0 atom stereocenters. The maximum atomic E-state index is 10.2. The smallest absolute Gasteiger partial charge is 0.169 e. The van der Waals surface area contributed by atoms with E-state index in [4.69, 9.17) is 0 Å². The first-order chi connectivity index (χ1) is 4.70. The van der Waals surface area contributed by atoms with E-state index >= 15 is 0 Å². The van der Waals surface area contributed by atoms with E-state index in [1.807, 2.05) is 7.05 Å². The van der Waals surface area contributed by atoms with E-state index in [0.29, 0.717) is 0 Å². The third-order valence-corrected chi connectivity index (χ3v) is 1.21. The number of nitrogens with zero attached hydrogens (tertiary/aromatic N) is 1. The van der Waals surface area contributed by atoms with Crippen LogP contribution in [-0.2, 0) is 7.05 Å². The predicted molar refractivity (Wildman–Crippen MR) is 39.2 cm³/mol. The molecule has 1 aromatic heterocycles. The summed E-state index contributed by atoms with van der Waals surface area (Å²) < 4.78 is 1.76. The zero-order valence-electron chi connectivity index (χ0n) is 6.57. The standard InChI is InChI=1S/C7H7NO2.2H2O/c1-8-4-2-6(3-5-8)7(9)10;;/h2-5H,1H3;2*1H2. The highest BCUT2D eigenvalue weighted by molar-refractivity contribution is 5.85. The van der Waals surface area contributed by atoms with Crippen LogP contribution < -0.4 is 9.67 Å². The highest BCUT2D eigenvalue weighted by Gasteiger charge is 1.93. The second-order valence-electron chi connectivity index (χ2n) is 2.04. The van der Waals surface area contributed by atoms with Crippen molar-refractivity contribution in [1.29, 1.82) is 0 Å². The molecule has 0 aromatic carbocycles. The van der Waals surface area contributed by atoms with Crippen LogP contribution in [0, 0.1) is 0 Å². The van der Waals surface area contributed by atoms with E-state index < -0.39 is 5.97 Å². The summed E-state index contributed by atoms with van der Waals surface area (Å²) in [6, 6.07) is 2.99. The molecule has 0 unspecified atom stereocenters. The SMILES string of the molecule is C[n+]1ccc(C(=O)[O-])cc1.O.O. The van der Waals surface area contributed by atoms with Gasteiger partial charge in [0.1, 0.15) is 7.05 Å². The Kier molecular flexibility index (Phi) is 5.73. The Hall–Kier alpha value is -1.46. The molecule has 0 aliphatic heterocycles. The van der Waals surface area contributed by atoms with Gasteiger partial charge in [0.2, 0.25) is 0 Å². The maximum absolute atomic E-state index is 10.2. The molecule has 12 heavy (non-hydrogen) atoms. The average molecular weight is 173 g/mol. The Balaban J connectivity index is 0. The van der Waals surface area contributed by atoms with Gasteiger partial charge in [-0.2, -0.15) is 0 Å². The van der Waals surface area contributed by atoms with E-state index in [-0.39, 0.29) is 16.5 Å². The van der Waals surface area contributed by atoms with Crippen molar-refractivity contribution in [2.45, 2.75) is 0 Å². The lowest BCUT2D eigenvalue weighted by atomic mass is 10.3. The van der Waals surface area contributed by atoms with E-state index in [1.54, 1.807) is 17.0 Å². The quantitative estimate of drug-likeness (QED) is 0.428. The molecule has 1 heterocycles. The van der Waals surface area contributed by atoms with Crippen molar-refractivity contribution in [3.05, 3.63) is 30.1 Å². The monoisotopic (exact) mass is 173 g/mol. The summed E-state index contributed by atoms with van der Waals surface area (Å²) in [4.78, 5) is 10.2. The van der Waals surface area contributed by atoms with Crippen molar-refractivity contribution in [2.75, 3.05) is 0 Å². The lowest BCUT2D eigenvalue weighted by molar-refractivity contribution is -0.671. The van der Waals surface area contributed by atoms with Gasteiger partial charge in [-0.3, -0.25) is 0 Å².